The van der Waals surface area contributed by atoms with Crippen LogP contribution >= 0.6 is 25.3 Å². The standard InChI is InChI=1S/C13H19NO2S2/c1-13(2,3)10-4-6-11(7-5-10)16-12(15)14(8-17)9-18/h4-7,17-18H,8-9H2,1-3H3. The summed E-state index contributed by atoms with van der Waals surface area (Å²) in [5.41, 5.74) is 1.28. The second-order valence-corrected chi connectivity index (χ2v) is 5.53. The van der Waals surface area contributed by atoms with Crippen LogP contribution in [0.5, 0.6) is 5.75 Å². The van der Waals surface area contributed by atoms with Crippen LogP contribution in [0, 0.1) is 0 Å². The SMILES string of the molecule is CC(C)(C)c1ccc(OC(=O)N(CS)CS)cc1. The number of hydrogen-bond donors (Lipinski definition) is 2. The van der Waals surface area contributed by atoms with E-state index in [2.05, 4.69) is 46.0 Å². The molecule has 0 bridgehead atoms. The zero-order chi connectivity index (χ0) is 13.8. The molecular weight excluding hydrogens is 266 g/mol. The molecule has 0 spiro atoms. The third-order valence-corrected chi connectivity index (χ3v) is 3.21. The van der Waals surface area contributed by atoms with Gasteiger partial charge in [0.15, 0.2) is 0 Å². The van der Waals surface area contributed by atoms with Crippen molar-refractivity contribution in [2.45, 2.75) is 26.2 Å². The van der Waals surface area contributed by atoms with Gasteiger partial charge in [-0.3, -0.25) is 4.90 Å². The van der Waals surface area contributed by atoms with E-state index < -0.39 is 6.09 Å². The zero-order valence-corrected chi connectivity index (χ0v) is 12.7. The topological polar surface area (TPSA) is 29.5 Å². The number of nitrogens with zero attached hydrogens (tertiary/aromatic N) is 1. The van der Waals surface area contributed by atoms with E-state index in [9.17, 15) is 4.79 Å². The lowest BCUT2D eigenvalue weighted by Crippen LogP contribution is -2.31. The molecule has 1 amide bonds. The molecule has 0 atom stereocenters. The second-order valence-electron chi connectivity index (χ2n) is 4.97. The van der Waals surface area contributed by atoms with Crippen LogP contribution in [0.15, 0.2) is 24.3 Å². The van der Waals surface area contributed by atoms with Gasteiger partial charge in [-0.05, 0) is 23.1 Å². The predicted octanol–water partition coefficient (Wildman–Crippen LogP) is 3.56. The van der Waals surface area contributed by atoms with E-state index in [0.717, 1.165) is 0 Å². The minimum atomic E-state index is -0.441. The normalized spacial score (nSPS) is 11.2. The molecule has 0 aromatic heterocycles. The third kappa shape index (κ3) is 4.14. The van der Waals surface area contributed by atoms with Crippen molar-refractivity contribution < 1.29 is 9.53 Å². The van der Waals surface area contributed by atoms with Crippen LogP contribution in [0.25, 0.3) is 0 Å². The van der Waals surface area contributed by atoms with Crippen LogP contribution < -0.4 is 4.74 Å². The molecule has 5 heteroatoms. The number of amides is 1. The van der Waals surface area contributed by atoms with Crippen LogP contribution in [0.2, 0.25) is 0 Å². The summed E-state index contributed by atoms with van der Waals surface area (Å²) >= 11 is 8.06. The second kappa shape index (κ2) is 6.38. The summed E-state index contributed by atoms with van der Waals surface area (Å²) in [5, 5.41) is 0. The molecule has 0 aliphatic rings. The van der Waals surface area contributed by atoms with Crippen LogP contribution in [0.3, 0.4) is 0 Å². The lowest BCUT2D eigenvalue weighted by molar-refractivity contribution is 0.168. The first-order valence-corrected chi connectivity index (χ1v) is 6.94. The molecule has 0 aliphatic heterocycles. The Morgan fingerprint density at radius 2 is 1.67 bits per heavy atom. The largest absolute Gasteiger partial charge is 0.416 e. The van der Waals surface area contributed by atoms with E-state index in [1.54, 1.807) is 12.1 Å². The van der Waals surface area contributed by atoms with Gasteiger partial charge in [0.25, 0.3) is 0 Å². The van der Waals surface area contributed by atoms with Crippen molar-refractivity contribution in [3.63, 3.8) is 0 Å². The summed E-state index contributed by atoms with van der Waals surface area (Å²) in [6.45, 7) is 6.41. The van der Waals surface area contributed by atoms with Gasteiger partial charge in [-0.25, -0.2) is 4.79 Å². The van der Waals surface area contributed by atoms with Gasteiger partial charge in [0.05, 0.1) is 11.8 Å². The molecular formula is C13H19NO2S2. The molecule has 3 nitrogen and oxygen atoms in total. The van der Waals surface area contributed by atoms with Crippen molar-refractivity contribution in [1.29, 1.82) is 0 Å². The number of benzene rings is 1. The van der Waals surface area contributed by atoms with Crippen LogP contribution in [0.1, 0.15) is 26.3 Å². The Balaban J connectivity index is 2.72. The van der Waals surface area contributed by atoms with Gasteiger partial charge in [-0.15, -0.1) is 0 Å². The molecule has 1 aromatic rings. The maximum absolute atomic E-state index is 11.7. The molecule has 0 N–H and O–H groups in total. The Kier molecular flexibility index (Phi) is 5.41. The Hall–Kier alpha value is -0.810. The van der Waals surface area contributed by atoms with E-state index in [1.807, 2.05) is 12.1 Å². The van der Waals surface area contributed by atoms with E-state index in [-0.39, 0.29) is 17.2 Å². The Morgan fingerprint density at radius 1 is 1.17 bits per heavy atom. The summed E-state index contributed by atoms with van der Waals surface area (Å²) in [6.07, 6.45) is -0.441. The first-order valence-electron chi connectivity index (χ1n) is 5.67. The first-order chi connectivity index (χ1) is 8.38. The van der Waals surface area contributed by atoms with Crippen molar-refractivity contribution >= 4 is 31.4 Å². The number of rotatable bonds is 3. The van der Waals surface area contributed by atoms with Gasteiger partial charge in [0.1, 0.15) is 5.75 Å². The fourth-order valence-corrected chi connectivity index (χ4v) is 1.94. The molecule has 0 radical (unpaired) electrons. The summed E-state index contributed by atoms with van der Waals surface area (Å²) < 4.78 is 5.22. The number of thiol groups is 2. The number of carbonyl (C=O) groups is 1. The van der Waals surface area contributed by atoms with Crippen molar-refractivity contribution in [2.75, 3.05) is 11.8 Å². The van der Waals surface area contributed by atoms with Crippen molar-refractivity contribution in [3.05, 3.63) is 29.8 Å². The first kappa shape index (κ1) is 15.2. The zero-order valence-electron chi connectivity index (χ0n) is 10.9. The maximum Gasteiger partial charge on any atom is 0.416 e. The average Bonchev–Trinajstić information content (AvgIpc) is 2.30. The Bertz CT molecular complexity index is 394. The third-order valence-electron chi connectivity index (χ3n) is 2.53. The van der Waals surface area contributed by atoms with Gasteiger partial charge in [-0.1, -0.05) is 32.9 Å². The molecule has 18 heavy (non-hydrogen) atoms. The maximum atomic E-state index is 11.7. The lowest BCUT2D eigenvalue weighted by atomic mass is 9.87. The van der Waals surface area contributed by atoms with Crippen molar-refractivity contribution in [3.8, 4) is 5.75 Å². The van der Waals surface area contributed by atoms with Crippen LogP contribution in [-0.4, -0.2) is 22.7 Å². The smallest absolute Gasteiger partial charge is 0.410 e. The monoisotopic (exact) mass is 285 g/mol. The van der Waals surface area contributed by atoms with Crippen LogP contribution in [0.4, 0.5) is 4.79 Å². The van der Waals surface area contributed by atoms with E-state index >= 15 is 0 Å². The summed E-state index contributed by atoms with van der Waals surface area (Å²) in [7, 11) is 0. The molecule has 0 unspecified atom stereocenters. The molecule has 0 fully saturated rings. The van der Waals surface area contributed by atoms with E-state index in [4.69, 9.17) is 4.74 Å². The van der Waals surface area contributed by atoms with Gasteiger partial charge in [0.2, 0.25) is 0 Å². The summed E-state index contributed by atoms with van der Waals surface area (Å²) in [4.78, 5) is 13.0. The minimum Gasteiger partial charge on any atom is -0.410 e. The number of hydrogen-bond acceptors (Lipinski definition) is 4. The molecule has 0 heterocycles. The lowest BCUT2D eigenvalue weighted by Gasteiger charge is -2.20. The Morgan fingerprint density at radius 3 is 2.06 bits per heavy atom. The number of carbonyl (C=O) groups excluding carboxylic acids is 1. The minimum absolute atomic E-state index is 0.0881. The highest BCUT2D eigenvalue weighted by Crippen LogP contribution is 2.24. The van der Waals surface area contributed by atoms with Gasteiger partial charge < -0.3 is 4.74 Å². The van der Waals surface area contributed by atoms with Gasteiger partial charge in [0, 0.05) is 0 Å². The van der Waals surface area contributed by atoms with Gasteiger partial charge >= 0.3 is 6.09 Å². The fourth-order valence-electron chi connectivity index (χ4n) is 1.35. The molecule has 1 rings (SSSR count). The Labute approximate surface area is 119 Å². The molecule has 1 aromatic carbocycles. The fraction of sp³-hybridized carbons (Fsp3) is 0.462. The molecule has 0 saturated heterocycles. The highest BCUT2D eigenvalue weighted by molar-refractivity contribution is 7.81. The predicted molar refractivity (Wildman–Crippen MR) is 80.7 cm³/mol. The highest BCUT2D eigenvalue weighted by atomic mass is 32.1. The number of ether oxygens (including phenoxy) is 1. The quantitative estimate of drug-likeness (QED) is 0.657. The van der Waals surface area contributed by atoms with Gasteiger partial charge in [-0.2, -0.15) is 25.3 Å². The summed E-state index contributed by atoms with van der Waals surface area (Å²) in [6, 6.07) is 7.53. The molecule has 100 valence electrons. The van der Waals surface area contributed by atoms with Crippen molar-refractivity contribution in [2.24, 2.45) is 0 Å². The van der Waals surface area contributed by atoms with Crippen LogP contribution in [-0.2, 0) is 5.41 Å². The van der Waals surface area contributed by atoms with E-state index in [0.29, 0.717) is 5.75 Å². The average molecular weight is 285 g/mol. The van der Waals surface area contributed by atoms with E-state index in [1.165, 1.54) is 10.5 Å². The molecule has 0 saturated carbocycles. The molecule has 0 aliphatic carbocycles. The van der Waals surface area contributed by atoms with Crippen molar-refractivity contribution in [1.82, 2.24) is 4.90 Å². The summed E-state index contributed by atoms with van der Waals surface area (Å²) in [5.74, 6) is 1.09. The highest BCUT2D eigenvalue weighted by Gasteiger charge is 2.15.